The van der Waals surface area contributed by atoms with Gasteiger partial charge in [0.1, 0.15) is 0 Å². The zero-order valence-corrected chi connectivity index (χ0v) is 7.99. The lowest BCUT2D eigenvalue weighted by molar-refractivity contribution is 0.507. The molecule has 0 amide bonds. The first-order valence-electron chi connectivity index (χ1n) is 4.52. The van der Waals surface area contributed by atoms with E-state index in [2.05, 4.69) is 0 Å². The highest BCUT2D eigenvalue weighted by atomic mass is 16.4. The van der Waals surface area contributed by atoms with Crippen LogP contribution in [0.25, 0.3) is 11.1 Å². The molecule has 2 rings (SSSR count). The number of benzene rings is 1. The lowest BCUT2D eigenvalue weighted by atomic mass is 10.2. The maximum absolute atomic E-state index is 11.4. The van der Waals surface area contributed by atoms with E-state index in [-0.39, 0.29) is 5.76 Å². The molecule has 0 saturated heterocycles. The van der Waals surface area contributed by atoms with E-state index in [0.29, 0.717) is 18.7 Å². The van der Waals surface area contributed by atoms with Crippen LogP contribution in [0.2, 0.25) is 0 Å². The van der Waals surface area contributed by atoms with Gasteiger partial charge in [0.25, 0.3) is 0 Å². The van der Waals surface area contributed by atoms with Crippen molar-refractivity contribution in [3.63, 3.8) is 0 Å². The molecule has 0 spiro atoms. The second-order valence-corrected chi connectivity index (χ2v) is 3.28. The van der Waals surface area contributed by atoms with E-state index in [0.717, 1.165) is 11.1 Å². The minimum Gasteiger partial charge on any atom is -0.408 e. The van der Waals surface area contributed by atoms with E-state index < -0.39 is 0 Å². The molecule has 0 unspecified atom stereocenters. The second-order valence-electron chi connectivity index (χ2n) is 3.28. The number of aryl methyl sites for hydroxylation is 1. The van der Waals surface area contributed by atoms with Gasteiger partial charge in [0.05, 0.1) is 5.52 Å². The smallest absolute Gasteiger partial charge is 0.408 e. The van der Waals surface area contributed by atoms with Gasteiger partial charge < -0.3 is 10.2 Å². The molecule has 0 aliphatic carbocycles. The number of rotatable bonds is 2. The molecule has 2 N–H and O–H groups in total. The molecule has 4 nitrogen and oxygen atoms in total. The molecule has 0 atom stereocenters. The molecule has 4 heteroatoms. The summed E-state index contributed by atoms with van der Waals surface area (Å²) in [6.45, 7) is 2.89. The van der Waals surface area contributed by atoms with Gasteiger partial charge in [-0.2, -0.15) is 0 Å². The van der Waals surface area contributed by atoms with Crippen molar-refractivity contribution in [1.82, 2.24) is 4.57 Å². The van der Waals surface area contributed by atoms with Gasteiger partial charge in [0.15, 0.2) is 5.58 Å². The number of fused-ring (bicyclic) bond motifs is 1. The summed E-state index contributed by atoms with van der Waals surface area (Å²) in [7, 11) is 0. The Balaban J connectivity index is 2.71. The normalized spacial score (nSPS) is 11.0. The lowest BCUT2D eigenvalue weighted by Gasteiger charge is -1.97. The molecule has 74 valence electrons. The molecule has 0 saturated carbocycles. The standard InChI is InChI=1S/C10H12N2O2/c1-7-2-3-8-9(6-7)14-10(13)12(8)5-4-11/h2-3,6H,4-5,11H2,1H3. The zero-order valence-electron chi connectivity index (χ0n) is 7.99. The van der Waals surface area contributed by atoms with E-state index in [9.17, 15) is 4.79 Å². The molecule has 1 aromatic heterocycles. The third-order valence-corrected chi connectivity index (χ3v) is 2.18. The van der Waals surface area contributed by atoms with Crippen LogP contribution < -0.4 is 11.5 Å². The van der Waals surface area contributed by atoms with Gasteiger partial charge in [-0.3, -0.25) is 4.57 Å². The molecule has 0 bridgehead atoms. The van der Waals surface area contributed by atoms with Crippen molar-refractivity contribution in [2.24, 2.45) is 5.73 Å². The Kier molecular flexibility index (Phi) is 2.13. The summed E-state index contributed by atoms with van der Waals surface area (Å²) in [6, 6.07) is 5.68. The Labute approximate surface area is 80.9 Å². The predicted molar refractivity (Wildman–Crippen MR) is 54.3 cm³/mol. The Bertz CT molecular complexity index is 510. The molecule has 1 heterocycles. The average molecular weight is 192 g/mol. The van der Waals surface area contributed by atoms with Crippen LogP contribution in [0.1, 0.15) is 5.56 Å². The summed E-state index contributed by atoms with van der Waals surface area (Å²) in [6.07, 6.45) is 0. The van der Waals surface area contributed by atoms with E-state index in [4.69, 9.17) is 10.2 Å². The summed E-state index contributed by atoms with van der Waals surface area (Å²) in [5, 5.41) is 0. The van der Waals surface area contributed by atoms with Crippen molar-refractivity contribution in [3.05, 3.63) is 34.3 Å². The number of aromatic nitrogens is 1. The molecule has 14 heavy (non-hydrogen) atoms. The fourth-order valence-electron chi connectivity index (χ4n) is 1.51. The Hall–Kier alpha value is -1.55. The predicted octanol–water partition coefficient (Wildman–Crippen LogP) is 0.862. The fraction of sp³-hybridized carbons (Fsp3) is 0.300. The first-order chi connectivity index (χ1) is 6.72. The molecular formula is C10H12N2O2. The van der Waals surface area contributed by atoms with Crippen LogP contribution in [0.3, 0.4) is 0 Å². The maximum Gasteiger partial charge on any atom is 0.419 e. The maximum atomic E-state index is 11.4. The van der Waals surface area contributed by atoms with Crippen molar-refractivity contribution >= 4 is 11.1 Å². The Morgan fingerprint density at radius 2 is 2.29 bits per heavy atom. The number of hydrogen-bond donors (Lipinski definition) is 1. The van der Waals surface area contributed by atoms with Crippen molar-refractivity contribution in [3.8, 4) is 0 Å². The van der Waals surface area contributed by atoms with Crippen LogP contribution in [0.4, 0.5) is 0 Å². The van der Waals surface area contributed by atoms with Gasteiger partial charge in [-0.25, -0.2) is 4.79 Å². The first kappa shape index (κ1) is 9.02. The van der Waals surface area contributed by atoms with Crippen LogP contribution in [0.5, 0.6) is 0 Å². The zero-order chi connectivity index (χ0) is 10.1. The van der Waals surface area contributed by atoms with Gasteiger partial charge >= 0.3 is 5.76 Å². The van der Waals surface area contributed by atoms with Gasteiger partial charge in [-0.05, 0) is 24.6 Å². The summed E-state index contributed by atoms with van der Waals surface area (Å²) >= 11 is 0. The van der Waals surface area contributed by atoms with Crippen molar-refractivity contribution < 1.29 is 4.42 Å². The fourth-order valence-corrected chi connectivity index (χ4v) is 1.51. The molecule has 1 aromatic carbocycles. The van der Waals surface area contributed by atoms with E-state index in [1.165, 1.54) is 0 Å². The largest absolute Gasteiger partial charge is 0.419 e. The van der Waals surface area contributed by atoms with E-state index in [1.54, 1.807) is 4.57 Å². The minimum atomic E-state index is -0.337. The summed E-state index contributed by atoms with van der Waals surface area (Å²) < 4.78 is 6.63. The van der Waals surface area contributed by atoms with Crippen LogP contribution in [-0.4, -0.2) is 11.1 Å². The minimum absolute atomic E-state index is 0.337. The SMILES string of the molecule is Cc1ccc2c(c1)oc(=O)n2CCN. The molecule has 2 aromatic rings. The van der Waals surface area contributed by atoms with Gasteiger partial charge in [0.2, 0.25) is 0 Å². The summed E-state index contributed by atoms with van der Waals surface area (Å²) in [5.41, 5.74) is 7.92. The molecular weight excluding hydrogens is 180 g/mol. The van der Waals surface area contributed by atoms with Gasteiger partial charge in [0, 0.05) is 13.1 Å². The third-order valence-electron chi connectivity index (χ3n) is 2.18. The van der Waals surface area contributed by atoms with Crippen molar-refractivity contribution in [2.45, 2.75) is 13.5 Å². The summed E-state index contributed by atoms with van der Waals surface area (Å²) in [5.74, 6) is -0.337. The number of hydrogen-bond acceptors (Lipinski definition) is 3. The van der Waals surface area contributed by atoms with Crippen LogP contribution in [0.15, 0.2) is 27.4 Å². The second kappa shape index (κ2) is 3.31. The van der Waals surface area contributed by atoms with E-state index >= 15 is 0 Å². The van der Waals surface area contributed by atoms with Gasteiger partial charge in [-0.1, -0.05) is 6.07 Å². The van der Waals surface area contributed by atoms with E-state index in [1.807, 2.05) is 25.1 Å². The molecule has 0 fully saturated rings. The van der Waals surface area contributed by atoms with Crippen molar-refractivity contribution in [2.75, 3.05) is 6.54 Å². The average Bonchev–Trinajstić information content (AvgIpc) is 2.43. The van der Waals surface area contributed by atoms with Gasteiger partial charge in [-0.15, -0.1) is 0 Å². The quantitative estimate of drug-likeness (QED) is 0.767. The Morgan fingerprint density at radius 3 is 3.00 bits per heavy atom. The highest BCUT2D eigenvalue weighted by molar-refractivity contribution is 5.73. The highest BCUT2D eigenvalue weighted by Crippen LogP contribution is 2.13. The first-order valence-corrected chi connectivity index (χ1v) is 4.52. The summed E-state index contributed by atoms with van der Waals surface area (Å²) in [4.78, 5) is 11.4. The topological polar surface area (TPSA) is 61.2 Å². The number of nitrogens with two attached hydrogens (primary N) is 1. The lowest BCUT2D eigenvalue weighted by Crippen LogP contribution is -2.19. The monoisotopic (exact) mass is 192 g/mol. The van der Waals surface area contributed by atoms with Crippen LogP contribution in [-0.2, 0) is 6.54 Å². The molecule has 0 radical (unpaired) electrons. The molecule has 0 aliphatic rings. The number of nitrogens with zero attached hydrogens (tertiary/aromatic N) is 1. The van der Waals surface area contributed by atoms with Crippen LogP contribution >= 0.6 is 0 Å². The van der Waals surface area contributed by atoms with Crippen LogP contribution in [0, 0.1) is 6.92 Å². The highest BCUT2D eigenvalue weighted by Gasteiger charge is 2.07. The third kappa shape index (κ3) is 1.33. The molecule has 0 aliphatic heterocycles. The number of oxazole rings is 1. The Morgan fingerprint density at radius 1 is 1.50 bits per heavy atom. The van der Waals surface area contributed by atoms with Crippen molar-refractivity contribution in [1.29, 1.82) is 0 Å².